The molecule has 2 heterocycles. The smallest absolute Gasteiger partial charge is 0.485 e. The zero-order valence-corrected chi connectivity index (χ0v) is 12.8. The summed E-state index contributed by atoms with van der Waals surface area (Å²) >= 11 is 0. The molecule has 24 heavy (non-hydrogen) atoms. The number of carbonyl (C=O) groups is 1. The number of nitrogens with zero attached hydrogens (tertiary/aromatic N) is 3. The summed E-state index contributed by atoms with van der Waals surface area (Å²) < 4.78 is 12.4. The molecule has 0 aliphatic heterocycles. The summed E-state index contributed by atoms with van der Waals surface area (Å²) in [4.78, 5) is 11.2. The molecule has 3 rings (SSSR count). The van der Waals surface area contributed by atoms with E-state index in [1.54, 1.807) is 42.3 Å². The van der Waals surface area contributed by atoms with Crippen LogP contribution in [0.1, 0.15) is 16.1 Å². The van der Waals surface area contributed by atoms with Crippen LogP contribution in [0.5, 0.6) is 5.75 Å². The minimum atomic E-state index is -1.75. The van der Waals surface area contributed by atoms with Gasteiger partial charge < -0.3 is 19.3 Å². The van der Waals surface area contributed by atoms with Gasteiger partial charge in [-0.3, -0.25) is 9.48 Å². The first-order valence-electron chi connectivity index (χ1n) is 7.10. The van der Waals surface area contributed by atoms with E-state index in [-0.39, 0.29) is 23.4 Å². The van der Waals surface area contributed by atoms with Crippen molar-refractivity contribution in [3.8, 4) is 17.0 Å². The number of hydrogen-bond acceptors (Lipinski definition) is 7. The highest BCUT2D eigenvalue weighted by Crippen LogP contribution is 2.20. The molecule has 8 nitrogen and oxygen atoms in total. The first-order chi connectivity index (χ1) is 11.6. The SMILES string of the molecule is Cn1cc(-c2cc(COc3cccc(B(O)O)c3C=O)on2)cn1. The molecule has 1 aromatic carbocycles. The molecule has 0 atom stereocenters. The van der Waals surface area contributed by atoms with E-state index in [1.807, 2.05) is 0 Å². The average Bonchev–Trinajstić information content (AvgIpc) is 3.21. The van der Waals surface area contributed by atoms with Crippen molar-refractivity contribution in [3.05, 3.63) is 48.0 Å². The Morgan fingerprint density at radius 2 is 2.25 bits per heavy atom. The Labute approximate surface area is 137 Å². The van der Waals surface area contributed by atoms with Crippen molar-refractivity contribution in [1.29, 1.82) is 0 Å². The maximum Gasteiger partial charge on any atom is 0.489 e. The molecule has 0 spiro atoms. The van der Waals surface area contributed by atoms with Gasteiger partial charge in [-0.05, 0) is 11.5 Å². The van der Waals surface area contributed by atoms with Crippen LogP contribution in [0.25, 0.3) is 11.3 Å². The minimum absolute atomic E-state index is 0.0408. The van der Waals surface area contributed by atoms with E-state index in [4.69, 9.17) is 9.26 Å². The van der Waals surface area contributed by atoms with Gasteiger partial charge in [-0.2, -0.15) is 5.10 Å². The Bertz CT molecular complexity index is 858. The number of rotatable bonds is 6. The van der Waals surface area contributed by atoms with Gasteiger partial charge in [0, 0.05) is 24.9 Å². The Kier molecular flexibility index (Phi) is 4.45. The third-order valence-corrected chi connectivity index (χ3v) is 3.43. The Morgan fingerprint density at radius 3 is 2.92 bits per heavy atom. The van der Waals surface area contributed by atoms with Gasteiger partial charge >= 0.3 is 7.12 Å². The number of aldehydes is 1. The fourth-order valence-electron chi connectivity index (χ4n) is 2.26. The summed E-state index contributed by atoms with van der Waals surface area (Å²) in [6, 6.07) is 6.28. The Morgan fingerprint density at radius 1 is 1.42 bits per heavy atom. The second-order valence-corrected chi connectivity index (χ2v) is 5.12. The van der Waals surface area contributed by atoms with E-state index in [0.717, 1.165) is 5.56 Å². The fourth-order valence-corrected chi connectivity index (χ4v) is 2.26. The lowest BCUT2D eigenvalue weighted by Crippen LogP contribution is -2.33. The van der Waals surface area contributed by atoms with Crippen LogP contribution in [0.2, 0.25) is 0 Å². The molecule has 0 radical (unpaired) electrons. The van der Waals surface area contributed by atoms with Crippen molar-refractivity contribution >= 4 is 18.9 Å². The summed E-state index contributed by atoms with van der Waals surface area (Å²) in [5.74, 6) is 0.690. The average molecular weight is 327 g/mol. The summed E-state index contributed by atoms with van der Waals surface area (Å²) in [5.41, 5.74) is 1.60. The van der Waals surface area contributed by atoms with Gasteiger partial charge in [0.05, 0.1) is 11.8 Å². The number of carbonyl (C=O) groups excluding carboxylic acids is 1. The summed E-state index contributed by atoms with van der Waals surface area (Å²) in [7, 11) is 0.0492. The molecule has 2 aromatic heterocycles. The van der Waals surface area contributed by atoms with Crippen molar-refractivity contribution in [1.82, 2.24) is 14.9 Å². The van der Waals surface area contributed by atoms with Gasteiger partial charge in [-0.25, -0.2) is 0 Å². The predicted molar refractivity (Wildman–Crippen MR) is 84.7 cm³/mol. The largest absolute Gasteiger partial charge is 0.489 e. The van der Waals surface area contributed by atoms with Crippen LogP contribution in [-0.4, -0.2) is 38.4 Å². The zero-order valence-electron chi connectivity index (χ0n) is 12.8. The van der Waals surface area contributed by atoms with E-state index < -0.39 is 7.12 Å². The Hall–Kier alpha value is -2.91. The zero-order chi connectivity index (χ0) is 17.1. The number of aromatic nitrogens is 3. The van der Waals surface area contributed by atoms with E-state index in [9.17, 15) is 14.8 Å². The van der Waals surface area contributed by atoms with E-state index in [2.05, 4.69) is 10.3 Å². The van der Waals surface area contributed by atoms with Crippen LogP contribution < -0.4 is 10.2 Å². The van der Waals surface area contributed by atoms with Crippen molar-refractivity contribution < 1.29 is 24.1 Å². The van der Waals surface area contributed by atoms with E-state index >= 15 is 0 Å². The summed E-state index contributed by atoms with van der Waals surface area (Å²) in [5, 5.41) is 26.6. The molecule has 3 aromatic rings. The van der Waals surface area contributed by atoms with Gasteiger partial charge in [0.15, 0.2) is 12.0 Å². The molecule has 0 saturated carbocycles. The van der Waals surface area contributed by atoms with Gasteiger partial charge in [0.1, 0.15) is 18.1 Å². The van der Waals surface area contributed by atoms with E-state index in [1.165, 1.54) is 6.07 Å². The number of benzene rings is 1. The number of aryl methyl sites for hydroxylation is 1. The quantitative estimate of drug-likeness (QED) is 0.489. The Balaban J connectivity index is 1.76. The minimum Gasteiger partial charge on any atom is -0.485 e. The highest BCUT2D eigenvalue weighted by Gasteiger charge is 2.19. The third kappa shape index (κ3) is 3.22. The van der Waals surface area contributed by atoms with Crippen LogP contribution in [0.4, 0.5) is 0 Å². The molecular weight excluding hydrogens is 313 g/mol. The first kappa shape index (κ1) is 16.0. The van der Waals surface area contributed by atoms with E-state index in [0.29, 0.717) is 17.7 Å². The van der Waals surface area contributed by atoms with Crippen LogP contribution in [-0.2, 0) is 13.7 Å². The van der Waals surface area contributed by atoms with Crippen molar-refractivity contribution in [2.45, 2.75) is 6.61 Å². The third-order valence-electron chi connectivity index (χ3n) is 3.43. The second kappa shape index (κ2) is 6.69. The highest BCUT2D eigenvalue weighted by molar-refractivity contribution is 6.60. The van der Waals surface area contributed by atoms with Gasteiger partial charge in [0.2, 0.25) is 0 Å². The van der Waals surface area contributed by atoms with Crippen molar-refractivity contribution in [3.63, 3.8) is 0 Å². The second-order valence-electron chi connectivity index (χ2n) is 5.12. The van der Waals surface area contributed by atoms with Crippen LogP contribution in [0.15, 0.2) is 41.2 Å². The number of ether oxygens (including phenoxy) is 1. The molecule has 9 heteroatoms. The van der Waals surface area contributed by atoms with Crippen LogP contribution in [0, 0.1) is 0 Å². The van der Waals surface area contributed by atoms with Gasteiger partial charge in [0.25, 0.3) is 0 Å². The lowest BCUT2D eigenvalue weighted by Gasteiger charge is -2.10. The van der Waals surface area contributed by atoms with Crippen LogP contribution in [0.3, 0.4) is 0 Å². The number of hydrogen-bond donors (Lipinski definition) is 2. The lowest BCUT2D eigenvalue weighted by molar-refractivity contribution is 0.111. The maximum absolute atomic E-state index is 11.2. The van der Waals surface area contributed by atoms with Gasteiger partial charge in [-0.1, -0.05) is 17.3 Å². The maximum atomic E-state index is 11.2. The predicted octanol–water partition coefficient (Wildman–Crippen LogP) is 0.146. The molecule has 0 fully saturated rings. The van der Waals surface area contributed by atoms with Crippen LogP contribution >= 0.6 is 0 Å². The molecule has 122 valence electrons. The van der Waals surface area contributed by atoms with Crippen molar-refractivity contribution in [2.75, 3.05) is 0 Å². The normalized spacial score (nSPS) is 10.6. The molecular formula is C15H14BN3O5. The molecule has 2 N–H and O–H groups in total. The lowest BCUT2D eigenvalue weighted by atomic mass is 9.77. The van der Waals surface area contributed by atoms with Crippen molar-refractivity contribution in [2.24, 2.45) is 7.05 Å². The molecule has 0 aliphatic rings. The highest BCUT2D eigenvalue weighted by atomic mass is 16.5. The fraction of sp³-hybridized carbons (Fsp3) is 0.133. The van der Waals surface area contributed by atoms with Gasteiger partial charge in [-0.15, -0.1) is 0 Å². The summed E-state index contributed by atoms with van der Waals surface area (Å²) in [6.45, 7) is 0.0408. The topological polar surface area (TPSA) is 111 Å². The monoisotopic (exact) mass is 327 g/mol. The standard InChI is InChI=1S/C15H14BN3O5/c1-19-7-10(6-17-19)14-5-11(24-18-14)9-23-15-4-2-3-13(16(21)22)12(15)8-20/h2-8,21-22H,9H2,1H3. The first-order valence-corrected chi connectivity index (χ1v) is 7.10. The molecule has 0 bridgehead atoms. The summed E-state index contributed by atoms with van der Waals surface area (Å²) in [6.07, 6.45) is 3.99. The molecule has 0 saturated heterocycles. The molecule has 0 unspecified atom stereocenters. The molecule has 0 aliphatic carbocycles. The molecule has 0 amide bonds.